The molecular weight excluding hydrogens is 542 g/mol. The first-order valence-electron chi connectivity index (χ1n) is 13.4. The van der Waals surface area contributed by atoms with Crippen LogP contribution >= 0.6 is 11.6 Å². The third-order valence-electron chi connectivity index (χ3n) is 6.98. The number of hydrogen-bond donors (Lipinski definition) is 3. The number of nitrogens with one attached hydrogen (secondary N) is 3. The fourth-order valence-electron chi connectivity index (χ4n) is 5.03. The van der Waals surface area contributed by atoms with E-state index in [0.29, 0.717) is 54.8 Å². The first kappa shape index (κ1) is 28.0. The largest absolute Gasteiger partial charge is 0.493 e. The van der Waals surface area contributed by atoms with Crippen molar-refractivity contribution in [1.82, 2.24) is 15.3 Å². The van der Waals surface area contributed by atoms with E-state index in [-0.39, 0.29) is 0 Å². The second-order valence-corrected chi connectivity index (χ2v) is 10.1. The minimum Gasteiger partial charge on any atom is -0.493 e. The number of carbonyl (C=O) groups excluding carboxylic acids is 1. The molecule has 1 unspecified atom stereocenters. The molecule has 41 heavy (non-hydrogen) atoms. The van der Waals surface area contributed by atoms with Crippen molar-refractivity contribution >= 4 is 41.0 Å². The summed E-state index contributed by atoms with van der Waals surface area (Å²) >= 11 is 6.34. The van der Waals surface area contributed by atoms with E-state index in [0.717, 1.165) is 39.5 Å². The summed E-state index contributed by atoms with van der Waals surface area (Å²) in [7, 11) is 1.60. The second kappa shape index (κ2) is 12.8. The van der Waals surface area contributed by atoms with Crippen LogP contribution in [0.3, 0.4) is 0 Å². The van der Waals surface area contributed by atoms with Crippen LogP contribution in [0.5, 0.6) is 17.2 Å². The molecule has 212 valence electrons. The molecule has 5 rings (SSSR count). The highest BCUT2D eigenvalue weighted by molar-refractivity contribution is 6.31. The Bertz CT molecular complexity index is 1570. The highest BCUT2D eigenvalue weighted by atomic mass is 35.5. The van der Waals surface area contributed by atoms with E-state index in [1.807, 2.05) is 55.5 Å². The number of hydrogen-bond acceptors (Lipinski definition) is 7. The molecule has 3 N–H and O–H groups in total. The van der Waals surface area contributed by atoms with E-state index in [1.54, 1.807) is 24.1 Å². The van der Waals surface area contributed by atoms with Crippen LogP contribution in [0.2, 0.25) is 5.02 Å². The maximum atomic E-state index is 13.6. The van der Waals surface area contributed by atoms with Crippen molar-refractivity contribution in [2.24, 2.45) is 5.10 Å². The molecule has 3 aromatic carbocycles. The van der Waals surface area contributed by atoms with Crippen LogP contribution in [0.1, 0.15) is 34.8 Å². The minimum absolute atomic E-state index is 0.432. The summed E-state index contributed by atoms with van der Waals surface area (Å²) in [5.41, 5.74) is 7.81. The number of halogens is 1. The van der Waals surface area contributed by atoms with Gasteiger partial charge in [-0.15, -0.1) is 0 Å². The molecule has 0 radical (unpaired) electrons. The Kier molecular flexibility index (Phi) is 8.74. The Morgan fingerprint density at radius 1 is 1.17 bits per heavy atom. The van der Waals surface area contributed by atoms with Gasteiger partial charge in [0.1, 0.15) is 11.8 Å². The van der Waals surface area contributed by atoms with E-state index in [9.17, 15) is 4.79 Å². The van der Waals surface area contributed by atoms with Gasteiger partial charge >= 0.3 is 6.09 Å². The monoisotopic (exact) mass is 573 g/mol. The standard InChI is InChI=1S/C31H32ClN5O4/c1-20-4-8-23(9-5-20)41-31(38)37-16-12-24-25-19-22(32)7-10-26(25)36-29(24)30(37)21-6-11-27(28(18-21)39-2)40-17-3-14-34-35-15-13-33/h4-11,13,15,18-19,30,33-34,36H,3,12,14,16-17H2,1-2H3/b33-13?,35-15-. The number of H-pyrrole nitrogens is 1. The number of amides is 1. The van der Waals surface area contributed by atoms with E-state index in [1.165, 1.54) is 6.21 Å². The number of carbonyl (C=O) groups is 1. The lowest BCUT2D eigenvalue weighted by atomic mass is 9.92. The quantitative estimate of drug-likeness (QED) is 0.117. The van der Waals surface area contributed by atoms with E-state index < -0.39 is 12.1 Å². The molecule has 0 saturated heterocycles. The Balaban J connectivity index is 1.45. The maximum Gasteiger partial charge on any atom is 0.416 e. The predicted octanol–water partition coefficient (Wildman–Crippen LogP) is 6.28. The average Bonchev–Trinajstić information content (AvgIpc) is 3.35. The lowest BCUT2D eigenvalue weighted by molar-refractivity contribution is 0.135. The Hall–Kier alpha value is -4.50. The van der Waals surface area contributed by atoms with Gasteiger partial charge in [-0.2, -0.15) is 5.10 Å². The molecule has 0 spiro atoms. The van der Waals surface area contributed by atoms with E-state index in [2.05, 4.69) is 15.5 Å². The molecule has 1 aromatic heterocycles. The molecule has 0 saturated carbocycles. The smallest absolute Gasteiger partial charge is 0.416 e. The van der Waals surface area contributed by atoms with E-state index >= 15 is 0 Å². The first-order valence-corrected chi connectivity index (χ1v) is 13.8. The van der Waals surface area contributed by atoms with Gasteiger partial charge in [0.05, 0.1) is 19.9 Å². The van der Waals surface area contributed by atoms with Crippen LogP contribution < -0.4 is 19.6 Å². The minimum atomic E-state index is -0.443. The van der Waals surface area contributed by atoms with Gasteiger partial charge in [0.25, 0.3) is 0 Å². The summed E-state index contributed by atoms with van der Waals surface area (Å²) in [5, 5.41) is 12.5. The molecule has 1 amide bonds. The van der Waals surface area contributed by atoms with E-state index in [4.69, 9.17) is 31.2 Å². The number of methoxy groups -OCH3 is 1. The highest BCUT2D eigenvalue weighted by Gasteiger charge is 2.36. The van der Waals surface area contributed by atoms with Gasteiger partial charge in [0.15, 0.2) is 11.5 Å². The van der Waals surface area contributed by atoms with Gasteiger partial charge < -0.3 is 30.0 Å². The average molecular weight is 574 g/mol. The van der Waals surface area contributed by atoms with Gasteiger partial charge in [-0.05, 0) is 66.9 Å². The number of benzene rings is 3. The zero-order chi connectivity index (χ0) is 28.8. The van der Waals surface area contributed by atoms with Gasteiger partial charge in [0, 0.05) is 47.3 Å². The molecule has 9 nitrogen and oxygen atoms in total. The molecule has 0 aliphatic carbocycles. The van der Waals surface area contributed by atoms with Crippen molar-refractivity contribution in [3.8, 4) is 17.2 Å². The van der Waals surface area contributed by atoms with Crippen LogP contribution in [0, 0.1) is 12.3 Å². The summed E-state index contributed by atoms with van der Waals surface area (Å²) in [6.45, 7) is 3.52. The van der Waals surface area contributed by atoms with Crippen molar-refractivity contribution in [1.29, 1.82) is 5.41 Å². The Morgan fingerprint density at radius 3 is 2.78 bits per heavy atom. The number of fused-ring (bicyclic) bond motifs is 3. The van der Waals surface area contributed by atoms with Gasteiger partial charge in [-0.1, -0.05) is 35.4 Å². The van der Waals surface area contributed by atoms with Gasteiger partial charge in [-0.25, -0.2) is 4.79 Å². The Labute approximate surface area is 243 Å². The lowest BCUT2D eigenvalue weighted by Crippen LogP contribution is -2.42. The summed E-state index contributed by atoms with van der Waals surface area (Å²) < 4.78 is 17.5. The third-order valence-corrected chi connectivity index (χ3v) is 7.22. The number of hydrazone groups is 1. The number of nitrogens with zero attached hydrogens (tertiary/aromatic N) is 2. The number of aromatic amines is 1. The van der Waals surface area contributed by atoms with Gasteiger partial charge in [-0.3, -0.25) is 4.90 Å². The molecule has 2 heterocycles. The second-order valence-electron chi connectivity index (χ2n) is 9.70. The van der Waals surface area contributed by atoms with Gasteiger partial charge in [0.2, 0.25) is 0 Å². The van der Waals surface area contributed by atoms with Crippen molar-refractivity contribution in [3.63, 3.8) is 0 Å². The molecular formula is C31H32ClN5O4. The highest BCUT2D eigenvalue weighted by Crippen LogP contribution is 2.41. The zero-order valence-corrected chi connectivity index (χ0v) is 23.7. The third kappa shape index (κ3) is 6.30. The molecule has 1 aliphatic rings. The number of rotatable bonds is 10. The molecule has 1 aliphatic heterocycles. The molecule has 0 fully saturated rings. The fourth-order valence-corrected chi connectivity index (χ4v) is 5.20. The molecule has 1 atom stereocenters. The maximum absolute atomic E-state index is 13.6. The van der Waals surface area contributed by atoms with Crippen LogP contribution in [0.25, 0.3) is 10.9 Å². The summed E-state index contributed by atoms with van der Waals surface area (Å²) in [5.74, 6) is 1.66. The number of aromatic nitrogens is 1. The Morgan fingerprint density at radius 2 is 2.00 bits per heavy atom. The summed E-state index contributed by atoms with van der Waals surface area (Å²) in [4.78, 5) is 18.9. The topological polar surface area (TPSA) is 112 Å². The molecule has 10 heteroatoms. The fraction of sp³-hybridized carbons (Fsp3) is 0.258. The van der Waals surface area contributed by atoms with Crippen molar-refractivity contribution in [2.75, 3.05) is 26.8 Å². The molecule has 4 aromatic rings. The van der Waals surface area contributed by atoms with Crippen LogP contribution in [0.4, 0.5) is 4.79 Å². The number of ether oxygens (including phenoxy) is 3. The zero-order valence-electron chi connectivity index (χ0n) is 22.9. The van der Waals surface area contributed by atoms with Crippen molar-refractivity contribution in [2.45, 2.75) is 25.8 Å². The normalized spacial score (nSPS) is 14.6. The van der Waals surface area contributed by atoms with Crippen LogP contribution in [-0.4, -0.2) is 55.2 Å². The summed E-state index contributed by atoms with van der Waals surface area (Å²) in [6.07, 6.45) is 3.42. The number of aryl methyl sites for hydroxylation is 1. The van der Waals surface area contributed by atoms with Crippen molar-refractivity contribution < 1.29 is 19.0 Å². The summed E-state index contributed by atoms with van der Waals surface area (Å²) in [6, 6.07) is 18.5. The first-order chi connectivity index (χ1) is 20.0. The van der Waals surface area contributed by atoms with Crippen molar-refractivity contribution in [3.05, 3.63) is 88.1 Å². The lowest BCUT2D eigenvalue weighted by Gasteiger charge is -2.35. The van der Waals surface area contributed by atoms with Crippen LogP contribution in [0.15, 0.2) is 65.8 Å². The predicted molar refractivity (Wildman–Crippen MR) is 161 cm³/mol. The molecule has 0 bridgehead atoms. The SMILES string of the molecule is COc1cc(C2c3[nH]c4ccc(Cl)cc4c3CCN2C(=O)Oc2ccc(C)cc2)ccc1OCCCN/N=C\C=N. The van der Waals surface area contributed by atoms with Crippen LogP contribution in [-0.2, 0) is 6.42 Å².